The van der Waals surface area contributed by atoms with E-state index in [0.29, 0.717) is 10.6 Å². The molecule has 0 aliphatic heterocycles. The molecule has 1 aromatic rings. The van der Waals surface area contributed by atoms with Crippen LogP contribution in [0.2, 0.25) is 5.02 Å². The molecule has 0 aromatic heterocycles. The van der Waals surface area contributed by atoms with E-state index in [4.69, 9.17) is 21.8 Å². The maximum Gasteiger partial charge on any atom is 0.311 e. The number of halogens is 1. The summed E-state index contributed by atoms with van der Waals surface area (Å²) in [6.45, 7) is 1.37. The third-order valence-electron chi connectivity index (χ3n) is 2.38. The molecule has 0 heterocycles. The number of rotatable bonds is 4. The van der Waals surface area contributed by atoms with Crippen molar-refractivity contribution in [1.29, 1.82) is 0 Å². The molecule has 0 bridgehead atoms. The predicted octanol–water partition coefficient (Wildman–Crippen LogP) is 2.23. The van der Waals surface area contributed by atoms with Crippen LogP contribution in [0.5, 0.6) is 0 Å². The summed E-state index contributed by atoms with van der Waals surface area (Å²) in [4.78, 5) is 21.8. The molecule has 2 N–H and O–H groups in total. The summed E-state index contributed by atoms with van der Waals surface area (Å²) in [5, 5.41) is 18.3. The van der Waals surface area contributed by atoms with E-state index in [-0.39, 0.29) is 0 Å². The lowest BCUT2D eigenvalue weighted by molar-refractivity contribution is -0.149. The Balaban J connectivity index is 3.07. The molecule has 16 heavy (non-hydrogen) atoms. The summed E-state index contributed by atoms with van der Waals surface area (Å²) in [6.07, 6.45) is 0. The second-order valence-electron chi connectivity index (χ2n) is 3.49. The van der Waals surface area contributed by atoms with Crippen LogP contribution in [0.1, 0.15) is 18.4 Å². The number of hydrogen-bond acceptors (Lipinski definition) is 2. The fourth-order valence-corrected chi connectivity index (χ4v) is 1.58. The van der Waals surface area contributed by atoms with Gasteiger partial charge in [-0.05, 0) is 17.7 Å². The molecule has 1 rings (SSSR count). The number of benzene rings is 1. The Morgan fingerprint density at radius 1 is 1.12 bits per heavy atom. The highest BCUT2D eigenvalue weighted by Gasteiger charge is 2.31. The Kier molecular flexibility index (Phi) is 3.90. The van der Waals surface area contributed by atoms with Crippen LogP contribution < -0.4 is 0 Å². The second kappa shape index (κ2) is 4.99. The van der Waals surface area contributed by atoms with Crippen LogP contribution >= 0.6 is 11.6 Å². The van der Waals surface area contributed by atoms with Crippen molar-refractivity contribution in [2.24, 2.45) is 5.92 Å². The van der Waals surface area contributed by atoms with E-state index < -0.39 is 23.8 Å². The molecule has 2 atom stereocenters. The molecule has 0 aliphatic rings. The molecule has 5 heteroatoms. The minimum atomic E-state index is -1.16. The maximum absolute atomic E-state index is 11.0. The molecule has 0 fully saturated rings. The van der Waals surface area contributed by atoms with Crippen LogP contribution in [0.25, 0.3) is 0 Å². The highest BCUT2D eigenvalue weighted by atomic mass is 35.5. The van der Waals surface area contributed by atoms with Gasteiger partial charge in [-0.25, -0.2) is 0 Å². The first-order valence-electron chi connectivity index (χ1n) is 4.64. The molecule has 0 amide bonds. The Bertz CT molecular complexity index is 399. The van der Waals surface area contributed by atoms with Crippen LogP contribution in [0, 0.1) is 5.92 Å². The van der Waals surface area contributed by atoms with E-state index in [1.807, 2.05) is 0 Å². The van der Waals surface area contributed by atoms with Crippen molar-refractivity contribution in [3.05, 3.63) is 34.9 Å². The first kappa shape index (κ1) is 12.5. The fraction of sp³-hybridized carbons (Fsp3) is 0.273. The standard InChI is InChI=1S/C11H11ClO4/c1-6(10(13)14)9(11(15)16)7-2-4-8(12)5-3-7/h2-6,9H,1H3,(H,13,14)(H,15,16)/t6?,9-/m0/s1. The van der Waals surface area contributed by atoms with Gasteiger partial charge in [-0.2, -0.15) is 0 Å². The largest absolute Gasteiger partial charge is 0.481 e. The Morgan fingerprint density at radius 3 is 2.00 bits per heavy atom. The van der Waals surface area contributed by atoms with Crippen molar-refractivity contribution < 1.29 is 19.8 Å². The van der Waals surface area contributed by atoms with Crippen molar-refractivity contribution in [1.82, 2.24) is 0 Å². The van der Waals surface area contributed by atoms with Crippen molar-refractivity contribution >= 4 is 23.5 Å². The Labute approximate surface area is 97.5 Å². The molecule has 1 aromatic carbocycles. The summed E-state index contributed by atoms with van der Waals surface area (Å²) in [7, 11) is 0. The number of carboxylic acid groups (broad SMARTS) is 2. The zero-order valence-electron chi connectivity index (χ0n) is 8.55. The summed E-state index contributed by atoms with van der Waals surface area (Å²) in [5.74, 6) is -4.34. The number of aliphatic carboxylic acids is 2. The maximum atomic E-state index is 11.0. The quantitative estimate of drug-likeness (QED) is 0.849. The normalized spacial score (nSPS) is 14.1. The van der Waals surface area contributed by atoms with Crippen molar-refractivity contribution in [2.45, 2.75) is 12.8 Å². The van der Waals surface area contributed by atoms with Gasteiger partial charge in [0, 0.05) is 5.02 Å². The first-order chi connectivity index (χ1) is 7.43. The van der Waals surface area contributed by atoms with Crippen LogP contribution in [0.15, 0.2) is 24.3 Å². The van der Waals surface area contributed by atoms with Gasteiger partial charge in [0.2, 0.25) is 0 Å². The van der Waals surface area contributed by atoms with Crippen molar-refractivity contribution in [3.8, 4) is 0 Å². The molecule has 0 spiro atoms. The minimum absolute atomic E-state index is 0.437. The molecular weight excluding hydrogens is 232 g/mol. The minimum Gasteiger partial charge on any atom is -0.481 e. The molecule has 1 unspecified atom stereocenters. The summed E-state index contributed by atoms with van der Waals surface area (Å²) < 4.78 is 0. The average Bonchev–Trinajstić information content (AvgIpc) is 2.20. The Hall–Kier alpha value is -1.55. The number of hydrogen-bond donors (Lipinski definition) is 2. The van der Waals surface area contributed by atoms with Gasteiger partial charge in [0.25, 0.3) is 0 Å². The van der Waals surface area contributed by atoms with E-state index in [9.17, 15) is 9.59 Å². The third-order valence-corrected chi connectivity index (χ3v) is 2.64. The summed E-state index contributed by atoms with van der Waals surface area (Å²) in [6, 6.07) is 6.14. The van der Waals surface area contributed by atoms with Gasteiger partial charge in [0.1, 0.15) is 0 Å². The topological polar surface area (TPSA) is 74.6 Å². The third kappa shape index (κ3) is 2.73. The number of carbonyl (C=O) groups is 2. The molecule has 0 aliphatic carbocycles. The lowest BCUT2D eigenvalue weighted by atomic mass is 9.87. The first-order valence-corrected chi connectivity index (χ1v) is 5.02. The highest BCUT2D eigenvalue weighted by molar-refractivity contribution is 6.30. The molecule has 0 radical (unpaired) electrons. The van der Waals surface area contributed by atoms with Gasteiger partial charge < -0.3 is 10.2 Å². The van der Waals surface area contributed by atoms with E-state index in [2.05, 4.69) is 0 Å². The lowest BCUT2D eigenvalue weighted by Gasteiger charge is -2.16. The Morgan fingerprint density at radius 2 is 1.62 bits per heavy atom. The van der Waals surface area contributed by atoms with Gasteiger partial charge in [-0.15, -0.1) is 0 Å². The van der Waals surface area contributed by atoms with E-state index >= 15 is 0 Å². The fourth-order valence-electron chi connectivity index (χ4n) is 1.46. The van der Waals surface area contributed by atoms with E-state index in [1.165, 1.54) is 19.1 Å². The van der Waals surface area contributed by atoms with Crippen LogP contribution in [0.3, 0.4) is 0 Å². The molecule has 4 nitrogen and oxygen atoms in total. The summed E-state index contributed by atoms with van der Waals surface area (Å²) in [5.41, 5.74) is 0.437. The van der Waals surface area contributed by atoms with Gasteiger partial charge in [-0.1, -0.05) is 30.7 Å². The van der Waals surface area contributed by atoms with E-state index in [0.717, 1.165) is 0 Å². The second-order valence-corrected chi connectivity index (χ2v) is 3.93. The van der Waals surface area contributed by atoms with Crippen LogP contribution in [-0.2, 0) is 9.59 Å². The van der Waals surface area contributed by atoms with Crippen LogP contribution in [0.4, 0.5) is 0 Å². The van der Waals surface area contributed by atoms with Crippen molar-refractivity contribution in [3.63, 3.8) is 0 Å². The molecule has 0 saturated heterocycles. The van der Waals surface area contributed by atoms with Gasteiger partial charge in [-0.3, -0.25) is 9.59 Å². The lowest BCUT2D eigenvalue weighted by Crippen LogP contribution is -2.25. The SMILES string of the molecule is CC(C(=O)O)[C@H](C(=O)O)c1ccc(Cl)cc1. The van der Waals surface area contributed by atoms with Gasteiger partial charge in [0.05, 0.1) is 11.8 Å². The zero-order chi connectivity index (χ0) is 12.3. The highest BCUT2D eigenvalue weighted by Crippen LogP contribution is 2.26. The monoisotopic (exact) mass is 242 g/mol. The smallest absolute Gasteiger partial charge is 0.311 e. The average molecular weight is 243 g/mol. The predicted molar refractivity (Wildman–Crippen MR) is 58.6 cm³/mol. The van der Waals surface area contributed by atoms with Crippen molar-refractivity contribution in [2.75, 3.05) is 0 Å². The molecule has 86 valence electrons. The van der Waals surface area contributed by atoms with E-state index in [1.54, 1.807) is 12.1 Å². The van der Waals surface area contributed by atoms with Gasteiger partial charge in [0.15, 0.2) is 0 Å². The van der Waals surface area contributed by atoms with Crippen LogP contribution in [-0.4, -0.2) is 22.2 Å². The van der Waals surface area contributed by atoms with Gasteiger partial charge >= 0.3 is 11.9 Å². The zero-order valence-corrected chi connectivity index (χ0v) is 9.31. The molecular formula is C11H11ClO4. The molecule has 0 saturated carbocycles. The summed E-state index contributed by atoms with van der Waals surface area (Å²) >= 11 is 5.67. The number of carboxylic acids is 2.